The van der Waals surface area contributed by atoms with Crippen molar-refractivity contribution in [3.05, 3.63) is 0 Å². The molecule has 0 spiro atoms. The number of hydrogen-bond acceptors (Lipinski definition) is 2. The van der Waals surface area contributed by atoms with Gasteiger partial charge in [-0.3, -0.25) is 4.79 Å². The summed E-state index contributed by atoms with van der Waals surface area (Å²) in [6.07, 6.45) is 3.02. The predicted octanol–water partition coefficient (Wildman–Crippen LogP) is 2.16. The van der Waals surface area contributed by atoms with Crippen LogP contribution in [-0.4, -0.2) is 18.5 Å². The molecule has 1 aliphatic rings. The summed E-state index contributed by atoms with van der Waals surface area (Å²) in [6.45, 7) is 9.48. The maximum Gasteiger partial charge on any atom is 0.223 e. The highest BCUT2D eigenvalue weighted by Gasteiger charge is 2.34. The third-order valence-corrected chi connectivity index (χ3v) is 4.35. The Bertz CT molecular complexity index is 255. The van der Waals surface area contributed by atoms with Crippen LogP contribution in [0.5, 0.6) is 0 Å². The second-order valence-electron chi connectivity index (χ2n) is 5.95. The molecule has 0 radical (unpaired) electrons. The van der Waals surface area contributed by atoms with Crippen molar-refractivity contribution in [2.75, 3.05) is 6.54 Å². The predicted molar refractivity (Wildman–Crippen MR) is 71.5 cm³/mol. The third kappa shape index (κ3) is 3.98. The molecule has 0 heterocycles. The maximum absolute atomic E-state index is 12.1. The second-order valence-corrected chi connectivity index (χ2v) is 5.95. The van der Waals surface area contributed by atoms with E-state index in [0.717, 1.165) is 25.8 Å². The number of hydrogen-bond donors (Lipinski definition) is 2. The lowest BCUT2D eigenvalue weighted by atomic mass is 9.72. The van der Waals surface area contributed by atoms with Crippen molar-refractivity contribution in [3.8, 4) is 0 Å². The van der Waals surface area contributed by atoms with Crippen LogP contribution >= 0.6 is 0 Å². The number of carbonyl (C=O) groups is 1. The molecule has 0 aromatic rings. The summed E-state index contributed by atoms with van der Waals surface area (Å²) in [5.74, 6) is 1.89. The summed E-state index contributed by atoms with van der Waals surface area (Å²) in [5, 5.41) is 3.07. The molecule has 0 aliphatic heterocycles. The zero-order valence-corrected chi connectivity index (χ0v) is 11.7. The van der Waals surface area contributed by atoms with Crippen LogP contribution in [0.1, 0.15) is 47.0 Å². The molecule has 3 heteroatoms. The quantitative estimate of drug-likeness (QED) is 0.791. The van der Waals surface area contributed by atoms with Gasteiger partial charge in [0.1, 0.15) is 0 Å². The van der Waals surface area contributed by atoms with E-state index in [1.54, 1.807) is 0 Å². The Kier molecular flexibility index (Phi) is 5.44. The summed E-state index contributed by atoms with van der Waals surface area (Å²) < 4.78 is 0. The van der Waals surface area contributed by atoms with Gasteiger partial charge in [0.2, 0.25) is 5.91 Å². The molecule has 1 amide bonds. The second kappa shape index (κ2) is 6.39. The fourth-order valence-corrected chi connectivity index (χ4v) is 2.60. The molecule has 0 aromatic carbocycles. The van der Waals surface area contributed by atoms with Crippen molar-refractivity contribution in [1.82, 2.24) is 5.32 Å². The molecule has 1 aliphatic carbocycles. The number of amides is 1. The topological polar surface area (TPSA) is 55.1 Å². The Morgan fingerprint density at radius 1 is 1.35 bits per heavy atom. The van der Waals surface area contributed by atoms with E-state index in [2.05, 4.69) is 33.0 Å². The van der Waals surface area contributed by atoms with E-state index >= 15 is 0 Å². The van der Waals surface area contributed by atoms with Gasteiger partial charge in [-0.1, -0.05) is 34.1 Å². The molecular weight excluding hydrogens is 212 g/mol. The Hall–Kier alpha value is -0.570. The number of rotatable bonds is 4. The van der Waals surface area contributed by atoms with Gasteiger partial charge in [0.25, 0.3) is 0 Å². The molecule has 1 saturated carbocycles. The van der Waals surface area contributed by atoms with E-state index in [1.165, 1.54) is 0 Å². The highest BCUT2D eigenvalue weighted by molar-refractivity contribution is 5.79. The van der Waals surface area contributed by atoms with Gasteiger partial charge in [0.05, 0.1) is 0 Å². The minimum Gasteiger partial charge on any atom is -0.356 e. The number of carbonyl (C=O) groups excluding carboxylic acids is 1. The van der Waals surface area contributed by atoms with Gasteiger partial charge in [0, 0.05) is 18.5 Å². The van der Waals surface area contributed by atoms with Crippen LogP contribution < -0.4 is 11.1 Å². The standard InChI is InChI=1S/C14H28N2O/c1-5-9(2)8-16-14(17)12-7-13(15)11(4)6-10(12)3/h9-13H,5-8,15H2,1-4H3,(H,16,17). The average Bonchev–Trinajstić information content (AvgIpc) is 2.30. The van der Waals surface area contributed by atoms with Crippen molar-refractivity contribution in [3.63, 3.8) is 0 Å². The van der Waals surface area contributed by atoms with E-state index in [9.17, 15) is 4.79 Å². The first-order valence-electron chi connectivity index (χ1n) is 6.99. The van der Waals surface area contributed by atoms with E-state index in [0.29, 0.717) is 17.8 Å². The van der Waals surface area contributed by atoms with E-state index in [-0.39, 0.29) is 17.9 Å². The lowest BCUT2D eigenvalue weighted by Crippen LogP contribution is -2.45. The molecule has 1 rings (SSSR count). The normalized spacial score (nSPS) is 35.4. The summed E-state index contributed by atoms with van der Waals surface area (Å²) in [6, 6.07) is 0.186. The Morgan fingerprint density at radius 3 is 2.59 bits per heavy atom. The summed E-state index contributed by atoms with van der Waals surface area (Å²) in [7, 11) is 0. The Morgan fingerprint density at radius 2 is 2.00 bits per heavy atom. The average molecular weight is 240 g/mol. The molecule has 1 fully saturated rings. The molecule has 3 N–H and O–H groups in total. The van der Waals surface area contributed by atoms with Gasteiger partial charge >= 0.3 is 0 Å². The summed E-state index contributed by atoms with van der Waals surface area (Å²) in [5.41, 5.74) is 6.07. The van der Waals surface area contributed by atoms with Crippen LogP contribution in [0, 0.1) is 23.7 Å². The van der Waals surface area contributed by atoms with Crippen molar-refractivity contribution >= 4 is 5.91 Å². The molecule has 5 atom stereocenters. The number of nitrogens with one attached hydrogen (secondary N) is 1. The smallest absolute Gasteiger partial charge is 0.223 e. The summed E-state index contributed by atoms with van der Waals surface area (Å²) in [4.78, 5) is 12.1. The van der Waals surface area contributed by atoms with Crippen LogP contribution in [0.3, 0.4) is 0 Å². The molecule has 3 nitrogen and oxygen atoms in total. The highest BCUT2D eigenvalue weighted by atomic mass is 16.1. The zero-order chi connectivity index (χ0) is 13.0. The minimum atomic E-state index is 0.116. The van der Waals surface area contributed by atoms with Crippen molar-refractivity contribution in [2.24, 2.45) is 29.4 Å². The SMILES string of the molecule is CCC(C)CNC(=O)C1CC(N)C(C)CC1C. The fourth-order valence-electron chi connectivity index (χ4n) is 2.60. The van der Waals surface area contributed by atoms with E-state index in [1.807, 2.05) is 0 Å². The van der Waals surface area contributed by atoms with Gasteiger partial charge < -0.3 is 11.1 Å². The Balaban J connectivity index is 2.45. The lowest BCUT2D eigenvalue weighted by Gasteiger charge is -2.36. The van der Waals surface area contributed by atoms with Crippen LogP contribution in [0.25, 0.3) is 0 Å². The first kappa shape index (κ1) is 14.5. The van der Waals surface area contributed by atoms with Crippen molar-refractivity contribution in [1.29, 1.82) is 0 Å². The molecular formula is C14H28N2O. The first-order chi connectivity index (χ1) is 7.95. The van der Waals surface area contributed by atoms with Crippen LogP contribution in [0.15, 0.2) is 0 Å². The van der Waals surface area contributed by atoms with Crippen LogP contribution in [0.4, 0.5) is 0 Å². The van der Waals surface area contributed by atoms with Gasteiger partial charge in [-0.25, -0.2) is 0 Å². The lowest BCUT2D eigenvalue weighted by molar-refractivity contribution is -0.128. The largest absolute Gasteiger partial charge is 0.356 e. The maximum atomic E-state index is 12.1. The van der Waals surface area contributed by atoms with Crippen molar-refractivity contribution < 1.29 is 4.79 Å². The minimum absolute atomic E-state index is 0.116. The van der Waals surface area contributed by atoms with E-state index < -0.39 is 0 Å². The Labute approximate surface area is 106 Å². The zero-order valence-electron chi connectivity index (χ0n) is 11.7. The van der Waals surface area contributed by atoms with Crippen LogP contribution in [-0.2, 0) is 4.79 Å². The first-order valence-corrected chi connectivity index (χ1v) is 6.99. The molecule has 0 aromatic heterocycles. The molecule has 17 heavy (non-hydrogen) atoms. The molecule has 5 unspecified atom stereocenters. The molecule has 100 valence electrons. The number of nitrogens with two attached hydrogens (primary N) is 1. The molecule has 0 saturated heterocycles. The van der Waals surface area contributed by atoms with Gasteiger partial charge in [-0.05, 0) is 30.6 Å². The van der Waals surface area contributed by atoms with Crippen LogP contribution in [0.2, 0.25) is 0 Å². The summed E-state index contributed by atoms with van der Waals surface area (Å²) >= 11 is 0. The monoisotopic (exact) mass is 240 g/mol. The molecule has 0 bridgehead atoms. The van der Waals surface area contributed by atoms with Crippen molar-refractivity contribution in [2.45, 2.75) is 53.0 Å². The fraction of sp³-hybridized carbons (Fsp3) is 0.929. The van der Waals surface area contributed by atoms with E-state index in [4.69, 9.17) is 5.73 Å². The van der Waals surface area contributed by atoms with Gasteiger partial charge in [0.15, 0.2) is 0 Å². The third-order valence-electron chi connectivity index (χ3n) is 4.35. The van der Waals surface area contributed by atoms with Gasteiger partial charge in [-0.2, -0.15) is 0 Å². The van der Waals surface area contributed by atoms with Gasteiger partial charge in [-0.15, -0.1) is 0 Å². The highest BCUT2D eigenvalue weighted by Crippen LogP contribution is 2.32.